The molecular weight excluding hydrogens is 521 g/mol. The lowest BCUT2D eigenvalue weighted by Crippen LogP contribution is -2.39. The van der Waals surface area contributed by atoms with Crippen LogP contribution in [0.1, 0.15) is 77.3 Å². The summed E-state index contributed by atoms with van der Waals surface area (Å²) in [6, 6.07) is 11.3. The van der Waals surface area contributed by atoms with E-state index in [2.05, 4.69) is 28.7 Å². The average Bonchev–Trinajstić information content (AvgIpc) is 2.88. The number of aryl methyl sites for hydroxylation is 1. The van der Waals surface area contributed by atoms with Crippen molar-refractivity contribution in [1.29, 1.82) is 0 Å². The Morgan fingerprint density at radius 1 is 1.12 bits per heavy atom. The van der Waals surface area contributed by atoms with Crippen LogP contribution in [0.2, 0.25) is 0 Å². The van der Waals surface area contributed by atoms with E-state index in [4.69, 9.17) is 9.47 Å². The van der Waals surface area contributed by atoms with Crippen LogP contribution in [0.25, 0.3) is 11.1 Å². The van der Waals surface area contributed by atoms with Crippen LogP contribution in [0.3, 0.4) is 0 Å². The van der Waals surface area contributed by atoms with Crippen molar-refractivity contribution in [3.63, 3.8) is 0 Å². The van der Waals surface area contributed by atoms with Crippen LogP contribution in [0.15, 0.2) is 48.8 Å². The maximum atomic E-state index is 15.5. The average molecular weight is 564 g/mol. The van der Waals surface area contributed by atoms with Gasteiger partial charge < -0.3 is 19.5 Å². The zero-order valence-corrected chi connectivity index (χ0v) is 25.2. The maximum Gasteiger partial charge on any atom is 0.337 e. The number of carboxylic acids is 1. The number of nitrogens with zero attached hydrogens (tertiary/aromatic N) is 3. The van der Waals surface area contributed by atoms with Crippen LogP contribution in [0, 0.1) is 18.2 Å². The van der Waals surface area contributed by atoms with E-state index >= 15 is 4.39 Å². The Kier molecular flexibility index (Phi) is 9.02. The molecule has 8 heteroatoms. The van der Waals surface area contributed by atoms with Crippen molar-refractivity contribution in [2.24, 2.45) is 5.41 Å². The van der Waals surface area contributed by atoms with Gasteiger partial charge in [-0.2, -0.15) is 0 Å². The lowest BCUT2D eigenvalue weighted by molar-refractivity contribution is -0.160. The molecule has 0 saturated carbocycles. The molecule has 1 aliphatic heterocycles. The summed E-state index contributed by atoms with van der Waals surface area (Å²) in [4.78, 5) is 23.7. The van der Waals surface area contributed by atoms with Crippen LogP contribution < -0.4 is 9.64 Å². The van der Waals surface area contributed by atoms with Gasteiger partial charge in [-0.15, -0.1) is 0 Å². The monoisotopic (exact) mass is 563 g/mol. The number of ether oxygens (including phenoxy) is 2. The van der Waals surface area contributed by atoms with E-state index in [1.165, 1.54) is 6.07 Å². The molecule has 4 rings (SSSR count). The number of aromatic nitrogens is 2. The van der Waals surface area contributed by atoms with E-state index < -0.39 is 23.5 Å². The topological polar surface area (TPSA) is 84.8 Å². The van der Waals surface area contributed by atoms with Crippen molar-refractivity contribution in [3.05, 3.63) is 71.4 Å². The molecule has 3 heterocycles. The van der Waals surface area contributed by atoms with Crippen LogP contribution in [0.4, 0.5) is 10.1 Å². The minimum atomic E-state index is -1.24. The van der Waals surface area contributed by atoms with Crippen LogP contribution >= 0.6 is 0 Å². The van der Waals surface area contributed by atoms with Crippen molar-refractivity contribution in [2.75, 3.05) is 18.0 Å². The number of halogens is 1. The Bertz CT molecular complexity index is 1360. The normalized spacial score (nSPS) is 16.7. The van der Waals surface area contributed by atoms with Crippen molar-refractivity contribution in [2.45, 2.75) is 85.5 Å². The SMILES string of the molecule is Cc1ncc(-c2cnc(OC(C)Cc3ccccc3)c(F)c2)c(N2CCC(C)(C)CC2)c1C(OC(C)(C)C)C(=O)O. The number of anilines is 1. The molecule has 0 aliphatic carbocycles. The fraction of sp³-hybridized carbons (Fsp3) is 0.485. The highest BCUT2D eigenvalue weighted by molar-refractivity contribution is 5.86. The molecule has 1 aliphatic rings. The van der Waals surface area contributed by atoms with Gasteiger partial charge in [0.2, 0.25) is 0 Å². The summed E-state index contributed by atoms with van der Waals surface area (Å²) in [6.07, 6.45) is 4.21. The number of benzene rings is 1. The number of piperidine rings is 1. The first kappa shape index (κ1) is 30.4. The molecule has 2 unspecified atom stereocenters. The lowest BCUT2D eigenvalue weighted by Gasteiger charge is -2.40. The quantitative estimate of drug-likeness (QED) is 0.295. The van der Waals surface area contributed by atoms with E-state index in [1.807, 2.05) is 58.0 Å². The highest BCUT2D eigenvalue weighted by atomic mass is 19.1. The Morgan fingerprint density at radius 2 is 1.78 bits per heavy atom. The second-order valence-corrected chi connectivity index (χ2v) is 12.7. The first-order valence-corrected chi connectivity index (χ1v) is 14.3. The summed E-state index contributed by atoms with van der Waals surface area (Å²) < 4.78 is 27.4. The number of carbonyl (C=O) groups is 1. The molecule has 2 atom stereocenters. The van der Waals surface area contributed by atoms with Gasteiger partial charge in [-0.3, -0.25) is 4.98 Å². The molecule has 0 amide bonds. The molecule has 1 fully saturated rings. The van der Waals surface area contributed by atoms with Gasteiger partial charge in [-0.1, -0.05) is 44.2 Å². The summed E-state index contributed by atoms with van der Waals surface area (Å²) in [6.45, 7) is 15.1. The molecule has 0 bridgehead atoms. The molecule has 41 heavy (non-hydrogen) atoms. The van der Waals surface area contributed by atoms with Gasteiger partial charge >= 0.3 is 5.97 Å². The maximum absolute atomic E-state index is 15.5. The summed E-state index contributed by atoms with van der Waals surface area (Å²) in [7, 11) is 0. The van der Waals surface area contributed by atoms with Crippen LogP contribution in [-0.4, -0.2) is 45.8 Å². The van der Waals surface area contributed by atoms with E-state index in [0.717, 1.165) is 31.5 Å². The minimum Gasteiger partial charge on any atom is -0.479 e. The smallest absolute Gasteiger partial charge is 0.337 e. The first-order valence-electron chi connectivity index (χ1n) is 14.3. The van der Waals surface area contributed by atoms with Crippen LogP contribution in [0.5, 0.6) is 5.88 Å². The largest absolute Gasteiger partial charge is 0.479 e. The molecule has 2 aromatic heterocycles. The summed E-state index contributed by atoms with van der Waals surface area (Å²) >= 11 is 0. The lowest BCUT2D eigenvalue weighted by atomic mass is 9.82. The molecule has 1 aromatic carbocycles. The fourth-order valence-electron chi connectivity index (χ4n) is 5.23. The highest BCUT2D eigenvalue weighted by Crippen LogP contribution is 2.43. The van der Waals surface area contributed by atoms with Gasteiger partial charge in [0.1, 0.15) is 6.10 Å². The second-order valence-electron chi connectivity index (χ2n) is 12.7. The molecule has 0 spiro atoms. The van der Waals surface area contributed by atoms with Gasteiger partial charge in [-0.25, -0.2) is 14.2 Å². The first-order chi connectivity index (χ1) is 19.2. The van der Waals surface area contributed by atoms with Crippen molar-refractivity contribution in [3.8, 4) is 17.0 Å². The predicted octanol–water partition coefficient (Wildman–Crippen LogP) is 7.17. The zero-order chi connectivity index (χ0) is 29.9. The number of hydrogen-bond donors (Lipinski definition) is 1. The number of pyridine rings is 2. The third-order valence-electron chi connectivity index (χ3n) is 7.48. The molecule has 0 radical (unpaired) electrons. The predicted molar refractivity (Wildman–Crippen MR) is 159 cm³/mol. The molecule has 7 nitrogen and oxygen atoms in total. The Morgan fingerprint density at radius 3 is 2.37 bits per heavy atom. The van der Waals surface area contributed by atoms with Crippen LogP contribution in [-0.2, 0) is 16.0 Å². The van der Waals surface area contributed by atoms with Crippen molar-refractivity contribution in [1.82, 2.24) is 9.97 Å². The zero-order valence-electron chi connectivity index (χ0n) is 25.2. The van der Waals surface area contributed by atoms with Crippen molar-refractivity contribution >= 4 is 11.7 Å². The molecule has 3 aromatic rings. The Labute approximate surface area is 242 Å². The van der Waals surface area contributed by atoms with E-state index in [9.17, 15) is 9.90 Å². The third-order valence-corrected chi connectivity index (χ3v) is 7.48. The summed E-state index contributed by atoms with van der Waals surface area (Å²) in [5.41, 5.74) is 3.43. The number of hydrogen-bond acceptors (Lipinski definition) is 6. The van der Waals surface area contributed by atoms with Gasteiger partial charge in [0.25, 0.3) is 5.88 Å². The molecule has 220 valence electrons. The molecule has 1 saturated heterocycles. The van der Waals surface area contributed by atoms with E-state index in [1.54, 1.807) is 19.3 Å². The number of aliphatic carboxylic acids is 1. The minimum absolute atomic E-state index is 0.0711. The Balaban J connectivity index is 1.75. The summed E-state index contributed by atoms with van der Waals surface area (Å²) in [5, 5.41) is 10.3. The highest BCUT2D eigenvalue weighted by Gasteiger charge is 2.36. The van der Waals surface area contributed by atoms with Gasteiger partial charge in [0.05, 0.1) is 11.3 Å². The second kappa shape index (κ2) is 12.1. The van der Waals surface area contributed by atoms with E-state index in [0.29, 0.717) is 34.5 Å². The Hall–Kier alpha value is -3.52. The number of rotatable bonds is 9. The van der Waals surface area contributed by atoms with Crippen molar-refractivity contribution < 1.29 is 23.8 Å². The van der Waals surface area contributed by atoms with Gasteiger partial charge in [-0.05, 0) is 64.5 Å². The number of carboxylic acid groups (broad SMARTS) is 1. The standard InChI is InChI=1S/C33H42FN3O4/c1-21(17-23-11-9-8-10-12-23)40-30-26(34)18-24(19-36-30)25-20-35-22(2)27(29(31(38)39)41-32(3,4)5)28(25)37-15-13-33(6,7)14-16-37/h8-12,18-21,29H,13-17H2,1-7H3,(H,38,39). The summed E-state index contributed by atoms with van der Waals surface area (Å²) in [5.74, 6) is -1.75. The van der Waals surface area contributed by atoms with Gasteiger partial charge in [0, 0.05) is 54.3 Å². The third kappa shape index (κ3) is 7.61. The molecule has 1 N–H and O–H groups in total. The fourth-order valence-corrected chi connectivity index (χ4v) is 5.23. The molecular formula is C33H42FN3O4. The van der Waals surface area contributed by atoms with Gasteiger partial charge in [0.15, 0.2) is 11.9 Å². The van der Waals surface area contributed by atoms with E-state index in [-0.39, 0.29) is 17.4 Å².